The summed E-state index contributed by atoms with van der Waals surface area (Å²) in [5.41, 5.74) is 1.85. The number of para-hydroxylation sites is 1. The maximum absolute atomic E-state index is 11.5. The minimum Gasteiger partial charge on any atom is -0.372 e. The lowest BCUT2D eigenvalue weighted by Crippen LogP contribution is -2.29. The third kappa shape index (κ3) is 2.52. The first-order valence-corrected chi connectivity index (χ1v) is 8.49. The average molecular weight is 372 g/mol. The van der Waals surface area contributed by atoms with E-state index in [1.165, 1.54) is 24.3 Å². The fourth-order valence-electron chi connectivity index (χ4n) is 3.95. The minimum absolute atomic E-state index is 0.00600. The summed E-state index contributed by atoms with van der Waals surface area (Å²) in [5.74, 6) is 0.0930. The van der Waals surface area contributed by atoms with E-state index in [-0.39, 0.29) is 29.3 Å². The van der Waals surface area contributed by atoms with Gasteiger partial charge >= 0.3 is 0 Å². The van der Waals surface area contributed by atoms with Crippen molar-refractivity contribution in [1.82, 2.24) is 0 Å². The van der Waals surface area contributed by atoms with Crippen molar-refractivity contribution in [2.24, 2.45) is 5.92 Å². The predicted molar refractivity (Wildman–Crippen MR) is 97.6 cm³/mol. The van der Waals surface area contributed by atoms with Gasteiger partial charge < -0.3 is 5.32 Å². The van der Waals surface area contributed by atoms with E-state index in [9.17, 15) is 20.2 Å². The Balaban J connectivity index is 1.86. The van der Waals surface area contributed by atoms with Crippen molar-refractivity contribution in [2.45, 2.75) is 18.4 Å². The molecule has 1 aliphatic carbocycles. The number of nitro benzene ring substituents is 2. The molecule has 0 spiro atoms. The zero-order valence-corrected chi connectivity index (χ0v) is 14.2. The zero-order valence-electron chi connectivity index (χ0n) is 13.5. The van der Waals surface area contributed by atoms with E-state index in [0.29, 0.717) is 16.3 Å². The smallest absolute Gasteiger partial charge is 0.292 e. The summed E-state index contributed by atoms with van der Waals surface area (Å²) in [7, 11) is 0. The maximum Gasteiger partial charge on any atom is 0.292 e. The number of nitrogens with zero attached hydrogens (tertiary/aromatic N) is 2. The Bertz CT molecular complexity index is 959. The molecule has 0 saturated carbocycles. The molecule has 132 valence electrons. The first-order chi connectivity index (χ1) is 12.5. The Morgan fingerprint density at radius 2 is 1.88 bits per heavy atom. The summed E-state index contributed by atoms with van der Waals surface area (Å²) in [6.45, 7) is 0. The van der Waals surface area contributed by atoms with Crippen LogP contribution in [0.1, 0.15) is 29.5 Å². The lowest BCUT2D eigenvalue weighted by atomic mass is 9.76. The van der Waals surface area contributed by atoms with Crippen LogP contribution in [0.15, 0.2) is 48.6 Å². The van der Waals surface area contributed by atoms with Gasteiger partial charge in [-0.05, 0) is 24.0 Å². The fraction of sp³-hybridized carbons (Fsp3) is 0.222. The first-order valence-electron chi connectivity index (χ1n) is 8.11. The Labute approximate surface area is 153 Å². The van der Waals surface area contributed by atoms with E-state index in [1.54, 1.807) is 6.07 Å². The molecule has 2 aliphatic rings. The summed E-state index contributed by atoms with van der Waals surface area (Å²) >= 11 is 6.34. The largest absolute Gasteiger partial charge is 0.372 e. The molecule has 0 aromatic heterocycles. The van der Waals surface area contributed by atoms with Crippen molar-refractivity contribution in [2.75, 3.05) is 5.32 Å². The number of nitro groups is 2. The second-order valence-electron chi connectivity index (χ2n) is 6.44. The van der Waals surface area contributed by atoms with E-state index < -0.39 is 9.85 Å². The van der Waals surface area contributed by atoms with Gasteiger partial charge in [0.05, 0.1) is 15.9 Å². The minimum atomic E-state index is -0.469. The van der Waals surface area contributed by atoms with Crippen LogP contribution in [0.4, 0.5) is 17.1 Å². The van der Waals surface area contributed by atoms with E-state index in [4.69, 9.17) is 11.6 Å². The first kappa shape index (κ1) is 16.5. The quantitative estimate of drug-likeness (QED) is 0.466. The molecule has 0 amide bonds. The summed E-state index contributed by atoms with van der Waals surface area (Å²) in [6, 6.07) is 8.98. The highest BCUT2D eigenvalue weighted by Gasteiger charge is 2.41. The normalized spacial score (nSPS) is 23.0. The zero-order chi connectivity index (χ0) is 18.4. The van der Waals surface area contributed by atoms with Crippen LogP contribution in [0.5, 0.6) is 0 Å². The molecule has 2 aromatic rings. The maximum atomic E-state index is 11.5. The van der Waals surface area contributed by atoms with Gasteiger partial charge in [0.1, 0.15) is 5.69 Å². The van der Waals surface area contributed by atoms with Gasteiger partial charge in [0, 0.05) is 34.7 Å². The molecular weight excluding hydrogens is 358 g/mol. The van der Waals surface area contributed by atoms with Crippen molar-refractivity contribution in [1.29, 1.82) is 0 Å². The Morgan fingerprint density at radius 1 is 1.08 bits per heavy atom. The number of rotatable bonds is 3. The van der Waals surface area contributed by atoms with Gasteiger partial charge in [0.15, 0.2) is 0 Å². The Hall–Kier alpha value is -2.93. The van der Waals surface area contributed by atoms with Crippen molar-refractivity contribution >= 4 is 28.7 Å². The molecule has 2 aromatic carbocycles. The molecule has 8 heteroatoms. The molecule has 0 radical (unpaired) electrons. The molecule has 26 heavy (non-hydrogen) atoms. The van der Waals surface area contributed by atoms with Crippen molar-refractivity contribution in [3.05, 3.63) is 84.9 Å². The number of benzene rings is 2. The fourth-order valence-corrected chi connectivity index (χ4v) is 4.18. The third-order valence-corrected chi connectivity index (χ3v) is 5.44. The molecule has 3 atom stereocenters. The molecular formula is C18H14ClN3O4. The van der Waals surface area contributed by atoms with Gasteiger partial charge in [-0.3, -0.25) is 20.2 Å². The number of anilines is 1. The Morgan fingerprint density at radius 3 is 2.62 bits per heavy atom. The number of hydrogen-bond donors (Lipinski definition) is 1. The molecule has 1 aliphatic heterocycles. The van der Waals surface area contributed by atoms with Crippen LogP contribution in [0.25, 0.3) is 0 Å². The lowest BCUT2D eigenvalue weighted by molar-refractivity contribution is -0.384. The predicted octanol–water partition coefficient (Wildman–Crippen LogP) is 4.98. The average Bonchev–Trinajstić information content (AvgIpc) is 3.10. The molecule has 2 unspecified atom stereocenters. The van der Waals surface area contributed by atoms with Crippen LogP contribution in [0.2, 0.25) is 5.02 Å². The Kier molecular flexibility index (Phi) is 3.88. The molecule has 1 N–H and O–H groups in total. The highest BCUT2D eigenvalue weighted by molar-refractivity contribution is 6.31. The number of hydrogen-bond acceptors (Lipinski definition) is 5. The highest BCUT2D eigenvalue weighted by atomic mass is 35.5. The number of nitrogens with one attached hydrogen (secondary N) is 1. The monoisotopic (exact) mass is 371 g/mol. The summed E-state index contributed by atoms with van der Waals surface area (Å²) in [5, 5.41) is 26.3. The van der Waals surface area contributed by atoms with E-state index in [2.05, 4.69) is 5.32 Å². The van der Waals surface area contributed by atoms with Crippen molar-refractivity contribution < 1.29 is 9.85 Å². The van der Waals surface area contributed by atoms with Crippen LogP contribution in [0, 0.1) is 26.1 Å². The summed E-state index contributed by atoms with van der Waals surface area (Å²) in [4.78, 5) is 21.7. The van der Waals surface area contributed by atoms with Gasteiger partial charge in [-0.1, -0.05) is 35.9 Å². The second kappa shape index (κ2) is 6.10. The van der Waals surface area contributed by atoms with Gasteiger partial charge in [-0.25, -0.2) is 0 Å². The third-order valence-electron chi connectivity index (χ3n) is 5.10. The van der Waals surface area contributed by atoms with Crippen LogP contribution in [0.3, 0.4) is 0 Å². The van der Waals surface area contributed by atoms with Crippen LogP contribution in [-0.2, 0) is 0 Å². The molecule has 0 saturated heterocycles. The highest BCUT2D eigenvalue weighted by Crippen LogP contribution is 2.53. The molecule has 0 fully saturated rings. The van der Waals surface area contributed by atoms with Crippen molar-refractivity contribution in [3.63, 3.8) is 0 Å². The standard InChI is InChI=1S/C18H14ClN3O4/c19-15-8-7-10(21(23)24)9-14(15)17-12-4-1-3-11(12)13-5-2-6-16(22(25)26)18(13)20-17/h1-3,5-9,11-12,17,20H,4H2/t11?,12?,17-/m0/s1. The van der Waals surface area contributed by atoms with E-state index in [1.807, 2.05) is 18.2 Å². The van der Waals surface area contributed by atoms with Gasteiger partial charge in [-0.15, -0.1) is 0 Å². The number of allylic oxidation sites excluding steroid dienone is 2. The lowest BCUT2D eigenvalue weighted by Gasteiger charge is -2.37. The van der Waals surface area contributed by atoms with Gasteiger partial charge in [0.2, 0.25) is 0 Å². The molecule has 7 nitrogen and oxygen atoms in total. The van der Waals surface area contributed by atoms with Crippen LogP contribution in [-0.4, -0.2) is 9.85 Å². The van der Waals surface area contributed by atoms with Gasteiger partial charge in [-0.2, -0.15) is 0 Å². The molecule has 4 rings (SSSR count). The van der Waals surface area contributed by atoms with E-state index in [0.717, 1.165) is 12.0 Å². The van der Waals surface area contributed by atoms with Crippen molar-refractivity contribution in [3.8, 4) is 0 Å². The SMILES string of the molecule is O=[N+]([O-])c1ccc(Cl)c([C@H]2Nc3c(cccc3[N+](=O)[O-])C3C=CCC32)c1. The number of non-ortho nitro benzene ring substituents is 1. The number of fused-ring (bicyclic) bond motifs is 3. The summed E-state index contributed by atoms with van der Waals surface area (Å²) < 4.78 is 0. The van der Waals surface area contributed by atoms with Crippen LogP contribution < -0.4 is 5.32 Å². The number of halogens is 1. The van der Waals surface area contributed by atoms with Gasteiger partial charge in [0.25, 0.3) is 11.4 Å². The van der Waals surface area contributed by atoms with Crippen LogP contribution >= 0.6 is 11.6 Å². The second-order valence-corrected chi connectivity index (χ2v) is 6.84. The molecule has 0 bridgehead atoms. The van der Waals surface area contributed by atoms with E-state index >= 15 is 0 Å². The summed E-state index contributed by atoms with van der Waals surface area (Å²) in [6.07, 6.45) is 4.86. The topological polar surface area (TPSA) is 98.3 Å². The molecule has 1 heterocycles.